The molecule has 0 saturated carbocycles. The minimum Gasteiger partial charge on any atom is -0.492 e. The summed E-state index contributed by atoms with van der Waals surface area (Å²) < 4.78 is 26.7. The number of pyridine rings is 2. The predicted octanol–water partition coefficient (Wildman–Crippen LogP) is 5.81. The summed E-state index contributed by atoms with van der Waals surface area (Å²) >= 11 is 6.14. The first-order chi connectivity index (χ1) is 16.6. The van der Waals surface area contributed by atoms with E-state index in [4.69, 9.17) is 21.1 Å². The molecule has 1 aromatic carbocycles. The molecule has 34 heavy (non-hydrogen) atoms. The molecule has 2 N–H and O–H groups in total. The van der Waals surface area contributed by atoms with Gasteiger partial charge in [-0.05, 0) is 62.7 Å². The molecule has 0 amide bonds. The maximum atomic E-state index is 14.6. The summed E-state index contributed by atoms with van der Waals surface area (Å²) in [7, 11) is 1.97. The highest BCUT2D eigenvalue weighted by Gasteiger charge is 2.21. The van der Waals surface area contributed by atoms with E-state index in [2.05, 4.69) is 27.5 Å². The number of fused-ring (bicyclic) bond motifs is 1. The second-order valence-electron chi connectivity index (χ2n) is 8.40. The van der Waals surface area contributed by atoms with E-state index in [0.717, 1.165) is 36.9 Å². The molecular weight excluding hydrogens is 455 g/mol. The number of aromatic nitrogens is 2. The minimum absolute atomic E-state index is 0.330. The SMILES string of the molecule is CCCC(CCNC)COc1cncc(-c2cc(-c3cc(Cl)ccc3F)nc3c2OCCN3)c1. The van der Waals surface area contributed by atoms with Gasteiger partial charge in [0, 0.05) is 27.9 Å². The van der Waals surface area contributed by atoms with Crippen LogP contribution < -0.4 is 20.1 Å². The molecule has 1 aliphatic rings. The van der Waals surface area contributed by atoms with E-state index in [-0.39, 0.29) is 0 Å². The molecule has 2 aromatic heterocycles. The zero-order valence-electron chi connectivity index (χ0n) is 19.5. The van der Waals surface area contributed by atoms with E-state index in [0.29, 0.717) is 59.3 Å². The Morgan fingerprint density at radius 2 is 2.09 bits per heavy atom. The lowest BCUT2D eigenvalue weighted by Crippen LogP contribution is -2.20. The summed E-state index contributed by atoms with van der Waals surface area (Å²) in [6.07, 6.45) is 6.76. The average molecular weight is 485 g/mol. The van der Waals surface area contributed by atoms with Crippen LogP contribution in [0.3, 0.4) is 0 Å². The first-order valence-corrected chi connectivity index (χ1v) is 12.1. The van der Waals surface area contributed by atoms with Crippen LogP contribution in [0.25, 0.3) is 22.4 Å². The van der Waals surface area contributed by atoms with Gasteiger partial charge in [0.2, 0.25) is 0 Å². The highest BCUT2D eigenvalue weighted by Crippen LogP contribution is 2.41. The Morgan fingerprint density at radius 3 is 2.91 bits per heavy atom. The number of nitrogens with one attached hydrogen (secondary N) is 2. The van der Waals surface area contributed by atoms with Gasteiger partial charge >= 0.3 is 0 Å². The first-order valence-electron chi connectivity index (χ1n) is 11.7. The van der Waals surface area contributed by atoms with Crippen LogP contribution in [0.4, 0.5) is 10.2 Å². The Labute approximate surface area is 204 Å². The van der Waals surface area contributed by atoms with E-state index in [9.17, 15) is 4.39 Å². The highest BCUT2D eigenvalue weighted by molar-refractivity contribution is 6.30. The number of hydrogen-bond acceptors (Lipinski definition) is 6. The van der Waals surface area contributed by atoms with E-state index in [1.807, 2.05) is 19.2 Å². The van der Waals surface area contributed by atoms with Crippen LogP contribution >= 0.6 is 11.6 Å². The van der Waals surface area contributed by atoms with Crippen molar-refractivity contribution in [3.05, 3.63) is 53.6 Å². The van der Waals surface area contributed by atoms with Gasteiger partial charge in [0.15, 0.2) is 11.6 Å². The zero-order chi connectivity index (χ0) is 23.9. The van der Waals surface area contributed by atoms with E-state index in [1.54, 1.807) is 18.5 Å². The highest BCUT2D eigenvalue weighted by atomic mass is 35.5. The van der Waals surface area contributed by atoms with Crippen molar-refractivity contribution in [3.8, 4) is 33.9 Å². The third-order valence-electron chi connectivity index (χ3n) is 5.83. The molecule has 1 unspecified atom stereocenters. The maximum Gasteiger partial charge on any atom is 0.170 e. The number of benzene rings is 1. The van der Waals surface area contributed by atoms with Gasteiger partial charge in [-0.25, -0.2) is 9.37 Å². The summed E-state index contributed by atoms with van der Waals surface area (Å²) in [5.41, 5.74) is 2.37. The molecule has 6 nitrogen and oxygen atoms in total. The molecule has 0 fully saturated rings. The Bertz CT molecular complexity index is 1130. The van der Waals surface area contributed by atoms with Crippen LogP contribution in [0, 0.1) is 11.7 Å². The third-order valence-corrected chi connectivity index (χ3v) is 6.06. The molecule has 0 saturated heterocycles. The number of nitrogens with zero attached hydrogens (tertiary/aromatic N) is 2. The fourth-order valence-corrected chi connectivity index (χ4v) is 4.27. The normalized spacial score (nSPS) is 13.5. The van der Waals surface area contributed by atoms with Gasteiger partial charge in [-0.15, -0.1) is 0 Å². The monoisotopic (exact) mass is 484 g/mol. The summed E-state index contributed by atoms with van der Waals surface area (Å²) in [5.74, 6) is 1.96. The Morgan fingerprint density at radius 1 is 1.21 bits per heavy atom. The van der Waals surface area contributed by atoms with E-state index < -0.39 is 5.82 Å². The van der Waals surface area contributed by atoms with Gasteiger partial charge in [-0.2, -0.15) is 0 Å². The number of hydrogen-bond donors (Lipinski definition) is 2. The molecule has 1 aliphatic heterocycles. The van der Waals surface area contributed by atoms with Crippen LogP contribution in [0.2, 0.25) is 5.02 Å². The summed E-state index contributed by atoms with van der Waals surface area (Å²) in [6, 6.07) is 8.21. The molecule has 0 aliphatic carbocycles. The lowest BCUT2D eigenvalue weighted by Gasteiger charge is -2.22. The molecule has 180 valence electrons. The van der Waals surface area contributed by atoms with Crippen molar-refractivity contribution in [1.29, 1.82) is 0 Å². The summed E-state index contributed by atoms with van der Waals surface area (Å²) in [5, 5.41) is 6.91. The van der Waals surface area contributed by atoms with Crippen molar-refractivity contribution in [2.75, 3.05) is 38.7 Å². The van der Waals surface area contributed by atoms with Crippen LogP contribution in [0.5, 0.6) is 11.5 Å². The molecule has 0 spiro atoms. The lowest BCUT2D eigenvalue weighted by molar-refractivity contribution is 0.230. The van der Waals surface area contributed by atoms with Gasteiger partial charge in [0.25, 0.3) is 0 Å². The Balaban J connectivity index is 1.66. The van der Waals surface area contributed by atoms with Crippen molar-refractivity contribution < 1.29 is 13.9 Å². The fraction of sp³-hybridized carbons (Fsp3) is 0.385. The van der Waals surface area contributed by atoms with Crippen LogP contribution in [-0.2, 0) is 0 Å². The Hall–Kier alpha value is -2.90. The van der Waals surface area contributed by atoms with Gasteiger partial charge in [-0.1, -0.05) is 24.9 Å². The third kappa shape index (κ3) is 5.77. The second kappa shape index (κ2) is 11.5. The average Bonchev–Trinajstić information content (AvgIpc) is 2.86. The zero-order valence-corrected chi connectivity index (χ0v) is 20.3. The standard InChI is InChI=1S/C26H30ClFN4O2/c1-3-4-17(7-8-29-2)16-34-20-11-18(14-30-15-20)21-13-24(22-12-19(27)5-6-23(22)28)32-26-25(21)33-10-9-31-26/h5-6,11-15,17,29H,3-4,7-10,16H2,1-2H3,(H,31,32). The summed E-state index contributed by atoms with van der Waals surface area (Å²) in [4.78, 5) is 9.01. The summed E-state index contributed by atoms with van der Waals surface area (Å²) in [6.45, 7) is 4.92. The smallest absolute Gasteiger partial charge is 0.170 e. The van der Waals surface area contributed by atoms with Crippen LogP contribution in [-0.4, -0.2) is 43.3 Å². The lowest BCUT2D eigenvalue weighted by atomic mass is 10.0. The number of ether oxygens (including phenoxy) is 2. The van der Waals surface area contributed by atoms with Gasteiger partial charge < -0.3 is 20.1 Å². The molecule has 3 heterocycles. The molecule has 8 heteroatoms. The molecule has 0 bridgehead atoms. The topological polar surface area (TPSA) is 68.3 Å². The largest absolute Gasteiger partial charge is 0.492 e. The predicted molar refractivity (Wildman–Crippen MR) is 134 cm³/mol. The van der Waals surface area contributed by atoms with Crippen LogP contribution in [0.1, 0.15) is 26.2 Å². The van der Waals surface area contributed by atoms with Gasteiger partial charge in [-0.3, -0.25) is 4.98 Å². The maximum absolute atomic E-state index is 14.6. The molecular formula is C26H30ClFN4O2. The fourth-order valence-electron chi connectivity index (χ4n) is 4.09. The van der Waals surface area contributed by atoms with E-state index >= 15 is 0 Å². The van der Waals surface area contributed by atoms with Gasteiger partial charge in [0.1, 0.15) is 18.2 Å². The molecule has 0 radical (unpaired) electrons. The van der Waals surface area contributed by atoms with Crippen molar-refractivity contribution in [1.82, 2.24) is 15.3 Å². The van der Waals surface area contributed by atoms with Crippen LogP contribution in [0.15, 0.2) is 42.7 Å². The van der Waals surface area contributed by atoms with E-state index in [1.165, 1.54) is 12.1 Å². The molecule has 4 rings (SSSR count). The number of anilines is 1. The van der Waals surface area contributed by atoms with Crippen molar-refractivity contribution in [3.63, 3.8) is 0 Å². The number of rotatable bonds is 10. The number of halogens is 2. The second-order valence-corrected chi connectivity index (χ2v) is 8.84. The minimum atomic E-state index is -0.390. The van der Waals surface area contributed by atoms with Crippen molar-refractivity contribution >= 4 is 17.4 Å². The first kappa shape index (κ1) is 24.2. The van der Waals surface area contributed by atoms with Gasteiger partial charge in [0.05, 0.1) is 25.0 Å². The molecule has 1 atom stereocenters. The quantitative estimate of drug-likeness (QED) is 0.378. The van der Waals surface area contributed by atoms with Crippen molar-refractivity contribution in [2.45, 2.75) is 26.2 Å². The van der Waals surface area contributed by atoms with Crippen molar-refractivity contribution in [2.24, 2.45) is 5.92 Å². The molecule has 3 aromatic rings. The Kier molecular flexibility index (Phi) is 8.19.